The molecule has 0 radical (unpaired) electrons. The van der Waals surface area contributed by atoms with Crippen LogP contribution in [0, 0.1) is 31.1 Å². The minimum atomic E-state index is -0.733. The van der Waals surface area contributed by atoms with Crippen LogP contribution in [-0.4, -0.2) is 40.5 Å². The molecule has 0 aromatic carbocycles. The first-order valence-corrected chi connectivity index (χ1v) is 11.2. The Hall–Kier alpha value is -2.55. The van der Waals surface area contributed by atoms with Gasteiger partial charge in [-0.25, -0.2) is 4.79 Å². The van der Waals surface area contributed by atoms with E-state index in [1.807, 2.05) is 30.9 Å². The second kappa shape index (κ2) is 9.97. The highest BCUT2D eigenvalue weighted by Crippen LogP contribution is 2.35. The molecular formula is C24H33N3O3. The minimum Gasteiger partial charge on any atom is -0.451 e. The fourth-order valence-corrected chi connectivity index (χ4v) is 5.06. The van der Waals surface area contributed by atoms with Gasteiger partial charge in [-0.3, -0.25) is 4.79 Å². The SMILES string of the molecule is CCCn1c(C)cc(/C=C(\C#N)C(=O)OCC(=O)N2CCC[C@@H]3CCCC[C@H]32)c1C. The summed E-state index contributed by atoms with van der Waals surface area (Å²) in [7, 11) is 0. The molecular weight excluding hydrogens is 378 g/mol. The van der Waals surface area contributed by atoms with Gasteiger partial charge in [-0.15, -0.1) is 0 Å². The average molecular weight is 412 g/mol. The molecule has 0 bridgehead atoms. The predicted molar refractivity (Wildman–Crippen MR) is 115 cm³/mol. The summed E-state index contributed by atoms with van der Waals surface area (Å²) < 4.78 is 7.43. The topological polar surface area (TPSA) is 75.3 Å². The molecule has 3 rings (SSSR count). The van der Waals surface area contributed by atoms with Crippen molar-refractivity contribution in [2.24, 2.45) is 5.92 Å². The summed E-state index contributed by atoms with van der Waals surface area (Å²) in [6.45, 7) is 7.44. The number of esters is 1. The van der Waals surface area contributed by atoms with Crippen LogP contribution in [0.25, 0.3) is 6.08 Å². The molecule has 6 heteroatoms. The fourth-order valence-electron chi connectivity index (χ4n) is 5.06. The number of piperidine rings is 1. The first-order valence-electron chi connectivity index (χ1n) is 11.2. The van der Waals surface area contributed by atoms with Gasteiger partial charge in [0.15, 0.2) is 6.61 Å². The second-order valence-corrected chi connectivity index (χ2v) is 8.57. The Morgan fingerprint density at radius 3 is 2.70 bits per heavy atom. The number of carbonyl (C=O) groups excluding carboxylic acids is 2. The minimum absolute atomic E-state index is 0.0752. The van der Waals surface area contributed by atoms with Crippen molar-refractivity contribution < 1.29 is 14.3 Å². The quantitative estimate of drug-likeness (QED) is 0.400. The maximum absolute atomic E-state index is 12.7. The van der Waals surface area contributed by atoms with E-state index in [-0.39, 0.29) is 24.1 Å². The van der Waals surface area contributed by atoms with Gasteiger partial charge in [-0.05, 0) is 69.6 Å². The van der Waals surface area contributed by atoms with E-state index >= 15 is 0 Å². The summed E-state index contributed by atoms with van der Waals surface area (Å²) in [4.78, 5) is 27.1. The van der Waals surface area contributed by atoms with Crippen molar-refractivity contribution in [3.05, 3.63) is 28.6 Å². The van der Waals surface area contributed by atoms with Gasteiger partial charge in [0.05, 0.1) is 0 Å². The second-order valence-electron chi connectivity index (χ2n) is 8.57. The molecule has 1 aliphatic carbocycles. The first-order chi connectivity index (χ1) is 14.5. The highest BCUT2D eigenvalue weighted by Gasteiger charge is 2.35. The van der Waals surface area contributed by atoms with Crippen molar-refractivity contribution >= 4 is 18.0 Å². The number of hydrogen-bond donors (Lipinski definition) is 0. The zero-order chi connectivity index (χ0) is 21.7. The monoisotopic (exact) mass is 411 g/mol. The Balaban J connectivity index is 1.64. The summed E-state index contributed by atoms with van der Waals surface area (Å²) in [5, 5.41) is 9.48. The lowest BCUT2D eigenvalue weighted by molar-refractivity contribution is -0.152. The lowest BCUT2D eigenvalue weighted by Gasteiger charge is -2.44. The lowest BCUT2D eigenvalue weighted by atomic mass is 9.78. The van der Waals surface area contributed by atoms with Crippen LogP contribution in [0.4, 0.5) is 0 Å². The molecule has 1 amide bonds. The van der Waals surface area contributed by atoms with Crippen LogP contribution in [0.5, 0.6) is 0 Å². The van der Waals surface area contributed by atoms with E-state index < -0.39 is 5.97 Å². The molecule has 2 fully saturated rings. The predicted octanol–water partition coefficient (Wildman–Crippen LogP) is 4.15. The van der Waals surface area contributed by atoms with Crippen molar-refractivity contribution in [3.63, 3.8) is 0 Å². The van der Waals surface area contributed by atoms with Crippen LogP contribution < -0.4 is 0 Å². The molecule has 2 atom stereocenters. The maximum Gasteiger partial charge on any atom is 0.349 e. The standard InChI is InChI=1S/C24H33N3O3/c1-4-11-26-17(2)13-20(18(26)3)14-21(15-25)24(29)30-16-23(28)27-12-7-9-19-8-5-6-10-22(19)27/h13-14,19,22H,4-12,16H2,1-3H3/b21-14+/t19-,22+/m0/s1. The zero-order valence-corrected chi connectivity index (χ0v) is 18.4. The third-order valence-corrected chi connectivity index (χ3v) is 6.59. The molecule has 0 unspecified atom stereocenters. The molecule has 1 saturated heterocycles. The number of nitrogens with zero attached hydrogens (tertiary/aromatic N) is 3. The molecule has 1 aromatic rings. The van der Waals surface area contributed by atoms with E-state index in [9.17, 15) is 14.9 Å². The van der Waals surface area contributed by atoms with E-state index in [4.69, 9.17) is 4.74 Å². The van der Waals surface area contributed by atoms with E-state index in [1.54, 1.807) is 6.08 Å². The third-order valence-electron chi connectivity index (χ3n) is 6.59. The number of aromatic nitrogens is 1. The molecule has 162 valence electrons. The Morgan fingerprint density at radius 1 is 1.23 bits per heavy atom. The third kappa shape index (κ3) is 4.77. The van der Waals surface area contributed by atoms with Crippen molar-refractivity contribution in [2.75, 3.05) is 13.2 Å². The van der Waals surface area contributed by atoms with Crippen LogP contribution in [0.1, 0.15) is 68.8 Å². The van der Waals surface area contributed by atoms with Crippen LogP contribution in [0.2, 0.25) is 0 Å². The molecule has 6 nitrogen and oxygen atoms in total. The Kier molecular flexibility index (Phi) is 7.36. The summed E-state index contributed by atoms with van der Waals surface area (Å²) in [6, 6.07) is 4.19. The fraction of sp³-hybridized carbons (Fsp3) is 0.625. The van der Waals surface area contributed by atoms with Crippen molar-refractivity contribution in [1.82, 2.24) is 9.47 Å². The van der Waals surface area contributed by atoms with E-state index in [0.717, 1.165) is 55.7 Å². The van der Waals surface area contributed by atoms with Gasteiger partial charge in [0.25, 0.3) is 5.91 Å². The molecule has 1 saturated carbocycles. The largest absolute Gasteiger partial charge is 0.451 e. The van der Waals surface area contributed by atoms with Gasteiger partial charge in [0.2, 0.25) is 0 Å². The lowest BCUT2D eigenvalue weighted by Crippen LogP contribution is -2.50. The van der Waals surface area contributed by atoms with Gasteiger partial charge >= 0.3 is 5.97 Å². The summed E-state index contributed by atoms with van der Waals surface area (Å²) >= 11 is 0. The zero-order valence-electron chi connectivity index (χ0n) is 18.4. The van der Waals surface area contributed by atoms with Crippen LogP contribution in [0.3, 0.4) is 0 Å². The van der Waals surface area contributed by atoms with Crippen molar-refractivity contribution in [2.45, 2.75) is 78.3 Å². The highest BCUT2D eigenvalue weighted by molar-refractivity contribution is 5.99. The van der Waals surface area contributed by atoms with E-state index in [2.05, 4.69) is 11.5 Å². The molecule has 2 aliphatic rings. The van der Waals surface area contributed by atoms with Crippen LogP contribution in [-0.2, 0) is 20.9 Å². The van der Waals surface area contributed by atoms with Crippen LogP contribution in [0.15, 0.2) is 11.6 Å². The normalized spacial score (nSPS) is 21.7. The molecule has 1 aromatic heterocycles. The number of rotatable bonds is 6. The van der Waals surface area contributed by atoms with Gasteiger partial charge in [-0.1, -0.05) is 19.8 Å². The number of fused-ring (bicyclic) bond motifs is 1. The maximum atomic E-state index is 12.7. The molecule has 30 heavy (non-hydrogen) atoms. The molecule has 0 N–H and O–H groups in total. The Morgan fingerprint density at radius 2 is 1.97 bits per heavy atom. The average Bonchev–Trinajstić information content (AvgIpc) is 3.02. The molecule has 1 aliphatic heterocycles. The van der Waals surface area contributed by atoms with Gasteiger partial charge in [0, 0.05) is 30.5 Å². The van der Waals surface area contributed by atoms with Crippen molar-refractivity contribution in [1.29, 1.82) is 5.26 Å². The van der Waals surface area contributed by atoms with E-state index in [1.165, 1.54) is 19.3 Å². The molecule has 0 spiro atoms. The number of ether oxygens (including phenoxy) is 1. The van der Waals surface area contributed by atoms with Gasteiger partial charge in [0.1, 0.15) is 11.6 Å². The van der Waals surface area contributed by atoms with Crippen LogP contribution >= 0.6 is 0 Å². The smallest absolute Gasteiger partial charge is 0.349 e. The number of likely N-dealkylation sites (tertiary alicyclic amines) is 1. The summed E-state index contributed by atoms with van der Waals surface area (Å²) in [5.74, 6) is -0.290. The molecule has 2 heterocycles. The highest BCUT2D eigenvalue weighted by atomic mass is 16.5. The number of carbonyl (C=O) groups is 2. The van der Waals surface area contributed by atoms with Gasteiger partial charge < -0.3 is 14.2 Å². The van der Waals surface area contributed by atoms with Gasteiger partial charge in [-0.2, -0.15) is 5.26 Å². The first kappa shape index (κ1) is 22.1. The van der Waals surface area contributed by atoms with Crippen molar-refractivity contribution in [3.8, 4) is 6.07 Å². The summed E-state index contributed by atoms with van der Waals surface area (Å²) in [6.07, 6.45) is 9.40. The number of hydrogen-bond acceptors (Lipinski definition) is 4. The Labute approximate surface area is 179 Å². The number of amides is 1. The number of aryl methyl sites for hydroxylation is 1. The Bertz CT molecular complexity index is 860. The number of nitriles is 1. The van der Waals surface area contributed by atoms with E-state index in [0.29, 0.717) is 5.92 Å². The summed E-state index contributed by atoms with van der Waals surface area (Å²) in [5.41, 5.74) is 2.87.